The van der Waals surface area contributed by atoms with Crippen molar-refractivity contribution in [3.05, 3.63) is 42.3 Å². The third-order valence-electron chi connectivity index (χ3n) is 1.84. The Hall–Kier alpha value is -0.890. The van der Waals surface area contributed by atoms with Gasteiger partial charge < -0.3 is 4.74 Å². The number of hydrogen-bond acceptors (Lipinski definition) is 5. The van der Waals surface area contributed by atoms with Gasteiger partial charge in [0.25, 0.3) is 10.9 Å². The smallest absolute Gasteiger partial charge is 0.279 e. The molecule has 94 valence electrons. The van der Waals surface area contributed by atoms with E-state index < -0.39 is 4.92 Å². The van der Waals surface area contributed by atoms with Gasteiger partial charge in [-0.2, -0.15) is 4.98 Å². The average molecular weight is 370 g/mol. The summed E-state index contributed by atoms with van der Waals surface area (Å²) >= 11 is 16.2. The Morgan fingerprint density at radius 3 is 2.44 bits per heavy atom. The molecule has 0 N–H and O–H groups in total. The minimum Gasteiger partial charge on any atom is -0.428 e. The maximum atomic E-state index is 10.6. The van der Waals surface area contributed by atoms with Gasteiger partial charge in [0.05, 0.1) is 15.0 Å². The summed E-state index contributed by atoms with van der Waals surface area (Å²) in [4.78, 5) is 14.0. The third-order valence-corrected chi connectivity index (χ3v) is 3.83. The highest BCUT2D eigenvalue weighted by Crippen LogP contribution is 2.40. The van der Waals surface area contributed by atoms with Crippen LogP contribution >= 0.6 is 50.5 Å². The predicted molar refractivity (Wildman–Crippen MR) is 73.0 cm³/mol. The molecule has 0 atom stereocenters. The fourth-order valence-corrected chi connectivity index (χ4v) is 2.77. The van der Waals surface area contributed by atoms with Crippen molar-refractivity contribution in [1.82, 2.24) is 4.98 Å². The number of hydrogen-bond donors (Lipinski definition) is 0. The molecule has 0 saturated heterocycles. The van der Waals surface area contributed by atoms with Crippen LogP contribution in [0.5, 0.6) is 10.9 Å². The summed E-state index contributed by atoms with van der Waals surface area (Å²) in [5.74, 6) is 0.144. The minimum atomic E-state index is -0.582. The summed E-state index contributed by atoms with van der Waals surface area (Å²) in [5.41, 5.74) is -0.197. The topological polar surface area (TPSA) is 65.3 Å². The molecular weight excluding hydrogens is 367 g/mol. The zero-order valence-corrected chi connectivity index (χ0v) is 12.3. The van der Waals surface area contributed by atoms with E-state index in [0.717, 1.165) is 0 Å². The van der Waals surface area contributed by atoms with E-state index >= 15 is 0 Å². The Kier molecular flexibility index (Phi) is 4.06. The molecular formula is C9H3BrCl2N2O3S. The van der Waals surface area contributed by atoms with Gasteiger partial charge in [-0.15, -0.1) is 0 Å². The van der Waals surface area contributed by atoms with E-state index in [2.05, 4.69) is 20.9 Å². The summed E-state index contributed by atoms with van der Waals surface area (Å²) in [6, 6.07) is 2.34. The van der Waals surface area contributed by atoms with Gasteiger partial charge in [0.1, 0.15) is 4.60 Å². The molecule has 0 saturated carbocycles. The standard InChI is InChI=1S/C9H3BrCl2N2O3S/c10-7-3-18-9(13-7)17-8-5(11)1-4(14(15)16)2-6(8)12/h1-3H. The van der Waals surface area contributed by atoms with E-state index in [0.29, 0.717) is 9.80 Å². The number of aromatic nitrogens is 1. The predicted octanol–water partition coefficient (Wildman–Crippen LogP) is 4.91. The molecule has 2 aromatic rings. The molecule has 2 rings (SSSR count). The molecule has 1 aromatic heterocycles. The molecule has 0 aliphatic heterocycles. The summed E-state index contributed by atoms with van der Waals surface area (Å²) in [6.45, 7) is 0. The van der Waals surface area contributed by atoms with Crippen molar-refractivity contribution in [2.45, 2.75) is 0 Å². The molecule has 0 aliphatic rings. The van der Waals surface area contributed by atoms with Crippen molar-refractivity contribution >= 4 is 56.2 Å². The van der Waals surface area contributed by atoms with Crippen LogP contribution in [0.4, 0.5) is 5.69 Å². The van der Waals surface area contributed by atoms with Gasteiger partial charge in [-0.25, -0.2) is 0 Å². The quantitative estimate of drug-likeness (QED) is 0.569. The largest absolute Gasteiger partial charge is 0.428 e. The van der Waals surface area contributed by atoms with Crippen molar-refractivity contribution in [2.75, 3.05) is 0 Å². The van der Waals surface area contributed by atoms with Crippen LogP contribution in [0, 0.1) is 10.1 Å². The maximum Gasteiger partial charge on any atom is 0.279 e. The second kappa shape index (κ2) is 5.40. The summed E-state index contributed by atoms with van der Waals surface area (Å²) in [5, 5.41) is 12.8. The third kappa shape index (κ3) is 2.92. The van der Waals surface area contributed by atoms with Crippen LogP contribution in [0.1, 0.15) is 0 Å². The number of halogens is 3. The van der Waals surface area contributed by atoms with Gasteiger partial charge in [-0.1, -0.05) is 34.5 Å². The summed E-state index contributed by atoms with van der Waals surface area (Å²) in [6.07, 6.45) is 0. The first-order valence-electron chi connectivity index (χ1n) is 4.39. The van der Waals surface area contributed by atoms with Gasteiger partial charge in [-0.05, 0) is 15.9 Å². The van der Waals surface area contributed by atoms with Gasteiger partial charge in [-0.3, -0.25) is 10.1 Å². The van der Waals surface area contributed by atoms with Crippen LogP contribution in [0.2, 0.25) is 10.0 Å². The van der Waals surface area contributed by atoms with Crippen molar-refractivity contribution in [3.63, 3.8) is 0 Å². The highest BCUT2D eigenvalue weighted by molar-refractivity contribution is 9.10. The van der Waals surface area contributed by atoms with Gasteiger partial charge in [0.15, 0.2) is 5.75 Å². The molecule has 9 heteroatoms. The average Bonchev–Trinajstić information content (AvgIpc) is 2.69. The van der Waals surface area contributed by atoms with E-state index in [1.54, 1.807) is 5.38 Å². The first-order valence-corrected chi connectivity index (χ1v) is 6.82. The van der Waals surface area contributed by atoms with Gasteiger partial charge in [0, 0.05) is 17.5 Å². The van der Waals surface area contributed by atoms with Crippen LogP contribution in [0.25, 0.3) is 0 Å². The molecule has 0 spiro atoms. The van der Waals surface area contributed by atoms with Crippen LogP contribution in [-0.4, -0.2) is 9.91 Å². The lowest BCUT2D eigenvalue weighted by molar-refractivity contribution is -0.384. The number of nitro groups is 1. The van der Waals surface area contributed by atoms with Crippen LogP contribution in [0.3, 0.4) is 0 Å². The molecule has 0 bridgehead atoms. The molecule has 1 heterocycles. The fraction of sp³-hybridized carbons (Fsp3) is 0. The summed E-state index contributed by atoms with van der Waals surface area (Å²) < 4.78 is 6.01. The van der Waals surface area contributed by atoms with Crippen LogP contribution < -0.4 is 4.74 Å². The van der Waals surface area contributed by atoms with E-state index in [1.807, 2.05) is 0 Å². The molecule has 0 fully saturated rings. The van der Waals surface area contributed by atoms with Crippen LogP contribution in [0.15, 0.2) is 22.1 Å². The highest BCUT2D eigenvalue weighted by atomic mass is 79.9. The molecule has 5 nitrogen and oxygen atoms in total. The zero-order chi connectivity index (χ0) is 13.3. The monoisotopic (exact) mass is 368 g/mol. The van der Waals surface area contributed by atoms with E-state index in [-0.39, 0.29) is 21.5 Å². The van der Waals surface area contributed by atoms with Crippen molar-refractivity contribution in [2.24, 2.45) is 0 Å². The number of benzene rings is 1. The first kappa shape index (κ1) is 13.5. The normalized spacial score (nSPS) is 10.4. The van der Waals surface area contributed by atoms with Gasteiger partial charge in [0.2, 0.25) is 0 Å². The summed E-state index contributed by atoms with van der Waals surface area (Å²) in [7, 11) is 0. The highest BCUT2D eigenvalue weighted by Gasteiger charge is 2.17. The van der Waals surface area contributed by atoms with Gasteiger partial charge >= 0.3 is 0 Å². The van der Waals surface area contributed by atoms with E-state index in [1.165, 1.54) is 23.5 Å². The Morgan fingerprint density at radius 1 is 1.39 bits per heavy atom. The second-order valence-corrected chi connectivity index (χ2v) is 5.48. The zero-order valence-electron chi connectivity index (χ0n) is 8.39. The molecule has 18 heavy (non-hydrogen) atoms. The number of rotatable bonds is 3. The molecule has 0 radical (unpaired) electrons. The van der Waals surface area contributed by atoms with Crippen LogP contribution in [-0.2, 0) is 0 Å². The Labute approximate surface area is 124 Å². The Bertz CT molecular complexity index is 597. The molecule has 1 aromatic carbocycles. The maximum absolute atomic E-state index is 10.6. The number of nitro benzene ring substituents is 1. The number of non-ortho nitro benzene ring substituents is 1. The molecule has 0 unspecified atom stereocenters. The van der Waals surface area contributed by atoms with Crippen molar-refractivity contribution in [3.8, 4) is 10.9 Å². The Morgan fingerprint density at radius 2 is 2.00 bits per heavy atom. The molecule has 0 aliphatic carbocycles. The van der Waals surface area contributed by atoms with E-state index in [4.69, 9.17) is 27.9 Å². The number of ether oxygens (including phenoxy) is 1. The second-order valence-electron chi connectivity index (χ2n) is 3.03. The minimum absolute atomic E-state index is 0.0560. The first-order chi connectivity index (χ1) is 8.47. The number of thiazole rings is 1. The molecule has 0 amide bonds. The van der Waals surface area contributed by atoms with Crippen molar-refractivity contribution in [1.29, 1.82) is 0 Å². The Balaban J connectivity index is 2.37. The number of nitrogens with zero attached hydrogens (tertiary/aromatic N) is 2. The SMILES string of the molecule is O=[N+]([O-])c1cc(Cl)c(Oc2nc(Br)cs2)c(Cl)c1. The lowest BCUT2D eigenvalue weighted by atomic mass is 10.3. The van der Waals surface area contributed by atoms with Crippen molar-refractivity contribution < 1.29 is 9.66 Å². The lowest BCUT2D eigenvalue weighted by Crippen LogP contribution is -1.91. The van der Waals surface area contributed by atoms with E-state index in [9.17, 15) is 10.1 Å². The fourth-order valence-electron chi connectivity index (χ4n) is 1.12. The lowest BCUT2D eigenvalue weighted by Gasteiger charge is -2.06.